The quantitative estimate of drug-likeness (QED) is 0.873. The first-order valence-electron chi connectivity index (χ1n) is 8.24. The number of nitrogens with zero attached hydrogens (tertiary/aromatic N) is 1. The molecule has 1 saturated carbocycles. The minimum Gasteiger partial charge on any atom is -0.493 e. The van der Waals surface area contributed by atoms with E-state index in [2.05, 4.69) is 4.99 Å². The highest BCUT2D eigenvalue weighted by molar-refractivity contribution is 5.99. The fourth-order valence-corrected chi connectivity index (χ4v) is 3.40. The molecule has 3 rings (SSSR count). The van der Waals surface area contributed by atoms with Crippen molar-refractivity contribution < 1.29 is 19.4 Å². The first kappa shape index (κ1) is 15.8. The van der Waals surface area contributed by atoms with E-state index < -0.39 is 5.97 Å². The molecule has 124 valence electrons. The average Bonchev–Trinajstić information content (AvgIpc) is 3.18. The maximum atomic E-state index is 10.8. The van der Waals surface area contributed by atoms with E-state index in [1.54, 1.807) is 7.11 Å². The lowest BCUT2D eigenvalue weighted by Gasteiger charge is -2.18. The summed E-state index contributed by atoms with van der Waals surface area (Å²) in [5, 5.41) is 8.89. The molecule has 2 aliphatic rings. The van der Waals surface area contributed by atoms with Crippen LogP contribution in [-0.2, 0) is 4.79 Å². The molecule has 1 atom stereocenters. The van der Waals surface area contributed by atoms with Crippen LogP contribution in [0.2, 0.25) is 0 Å². The fourth-order valence-electron chi connectivity index (χ4n) is 3.40. The molecule has 0 bridgehead atoms. The number of carboxylic acids is 1. The van der Waals surface area contributed by atoms with Gasteiger partial charge in [-0.3, -0.25) is 9.79 Å². The van der Waals surface area contributed by atoms with Gasteiger partial charge in [0.1, 0.15) is 0 Å². The molecule has 0 spiro atoms. The third kappa shape index (κ3) is 3.84. The van der Waals surface area contributed by atoms with E-state index in [9.17, 15) is 4.79 Å². The Bertz CT molecular complexity index is 605. The number of ether oxygens (including phenoxy) is 2. The molecule has 23 heavy (non-hydrogen) atoms. The number of rotatable bonds is 6. The molecule has 1 aromatic carbocycles. The molecule has 5 heteroatoms. The average molecular weight is 317 g/mol. The van der Waals surface area contributed by atoms with Gasteiger partial charge in [-0.15, -0.1) is 0 Å². The van der Waals surface area contributed by atoms with Crippen molar-refractivity contribution >= 4 is 11.7 Å². The van der Waals surface area contributed by atoms with E-state index in [0.717, 1.165) is 35.6 Å². The van der Waals surface area contributed by atoms with E-state index in [-0.39, 0.29) is 18.4 Å². The van der Waals surface area contributed by atoms with Crippen molar-refractivity contribution in [2.45, 2.75) is 50.5 Å². The van der Waals surface area contributed by atoms with Crippen LogP contribution in [0.1, 0.15) is 50.0 Å². The van der Waals surface area contributed by atoms with Crippen LogP contribution in [0.25, 0.3) is 0 Å². The molecule has 1 aliphatic heterocycles. The maximum Gasteiger partial charge on any atom is 0.309 e. The van der Waals surface area contributed by atoms with E-state index in [4.69, 9.17) is 14.6 Å². The molecule has 0 amide bonds. The van der Waals surface area contributed by atoms with Gasteiger partial charge >= 0.3 is 5.97 Å². The van der Waals surface area contributed by atoms with E-state index in [1.165, 1.54) is 12.8 Å². The maximum absolute atomic E-state index is 10.8. The summed E-state index contributed by atoms with van der Waals surface area (Å²) in [6, 6.07) is 6.01. The van der Waals surface area contributed by atoms with Crippen molar-refractivity contribution in [1.29, 1.82) is 0 Å². The second-order valence-corrected chi connectivity index (χ2v) is 6.31. The van der Waals surface area contributed by atoms with Crippen molar-refractivity contribution in [2.75, 3.05) is 13.7 Å². The predicted molar refractivity (Wildman–Crippen MR) is 87.8 cm³/mol. The first-order chi connectivity index (χ1) is 11.2. The van der Waals surface area contributed by atoms with Gasteiger partial charge in [-0.25, -0.2) is 0 Å². The zero-order valence-corrected chi connectivity index (χ0v) is 13.5. The van der Waals surface area contributed by atoms with Gasteiger partial charge in [-0.2, -0.15) is 0 Å². The summed E-state index contributed by atoms with van der Waals surface area (Å²) < 4.78 is 11.5. The number of carbonyl (C=O) groups is 1. The second kappa shape index (κ2) is 7.02. The molecule has 1 unspecified atom stereocenters. The highest BCUT2D eigenvalue weighted by Crippen LogP contribution is 2.36. The van der Waals surface area contributed by atoms with Gasteiger partial charge in [0.05, 0.1) is 19.6 Å². The summed E-state index contributed by atoms with van der Waals surface area (Å²) in [7, 11) is 1.65. The zero-order valence-electron chi connectivity index (χ0n) is 13.5. The largest absolute Gasteiger partial charge is 0.493 e. The van der Waals surface area contributed by atoms with Gasteiger partial charge in [0.25, 0.3) is 0 Å². The Morgan fingerprint density at radius 3 is 2.78 bits per heavy atom. The third-order valence-electron chi connectivity index (χ3n) is 4.63. The first-order valence-corrected chi connectivity index (χ1v) is 8.24. The summed E-state index contributed by atoms with van der Waals surface area (Å²) in [6.07, 6.45) is 5.68. The van der Waals surface area contributed by atoms with Gasteiger partial charge < -0.3 is 14.6 Å². The van der Waals surface area contributed by atoms with Gasteiger partial charge in [0.15, 0.2) is 11.5 Å². The summed E-state index contributed by atoms with van der Waals surface area (Å²) >= 11 is 0. The molecule has 1 aromatic rings. The lowest BCUT2D eigenvalue weighted by Crippen LogP contribution is -2.12. The lowest BCUT2D eigenvalue weighted by atomic mass is 9.95. The number of hydrogen-bond acceptors (Lipinski definition) is 4. The molecular formula is C18H23NO4. The molecule has 1 aliphatic carbocycles. The smallest absolute Gasteiger partial charge is 0.309 e. The Hall–Kier alpha value is -2.04. The lowest BCUT2D eigenvalue weighted by molar-refractivity contribution is -0.135. The van der Waals surface area contributed by atoms with Crippen molar-refractivity contribution in [3.05, 3.63) is 23.8 Å². The Balaban J connectivity index is 1.72. The van der Waals surface area contributed by atoms with Gasteiger partial charge in [0.2, 0.25) is 0 Å². The van der Waals surface area contributed by atoms with Gasteiger partial charge in [-0.1, -0.05) is 6.07 Å². The van der Waals surface area contributed by atoms with Gasteiger partial charge in [-0.05, 0) is 49.8 Å². The molecule has 5 nitrogen and oxygen atoms in total. The minimum absolute atomic E-state index is 0.0398. The SMILES string of the molecule is COc1ccc(C2CN=C(CC(=O)O)C2)cc1OC1CCCC1. The van der Waals surface area contributed by atoms with Crippen LogP contribution >= 0.6 is 0 Å². The Kier molecular flexibility index (Phi) is 4.84. The van der Waals surface area contributed by atoms with Crippen LogP contribution in [0.4, 0.5) is 0 Å². The summed E-state index contributed by atoms with van der Waals surface area (Å²) in [5.41, 5.74) is 1.92. The predicted octanol–water partition coefficient (Wildman–Crippen LogP) is 3.42. The van der Waals surface area contributed by atoms with Crippen molar-refractivity contribution in [3.63, 3.8) is 0 Å². The number of methoxy groups -OCH3 is 1. The van der Waals surface area contributed by atoms with Crippen LogP contribution in [0.15, 0.2) is 23.2 Å². The molecule has 1 N–H and O–H groups in total. The van der Waals surface area contributed by atoms with Crippen molar-refractivity contribution in [2.24, 2.45) is 4.99 Å². The van der Waals surface area contributed by atoms with Crippen molar-refractivity contribution in [3.8, 4) is 11.5 Å². The number of benzene rings is 1. The van der Waals surface area contributed by atoms with E-state index >= 15 is 0 Å². The Morgan fingerprint density at radius 2 is 2.09 bits per heavy atom. The van der Waals surface area contributed by atoms with E-state index in [1.807, 2.05) is 18.2 Å². The van der Waals surface area contributed by atoms with Crippen LogP contribution in [0.5, 0.6) is 11.5 Å². The second-order valence-electron chi connectivity index (χ2n) is 6.31. The Morgan fingerprint density at radius 1 is 1.30 bits per heavy atom. The third-order valence-corrected chi connectivity index (χ3v) is 4.63. The van der Waals surface area contributed by atoms with Crippen LogP contribution in [0, 0.1) is 0 Å². The number of aliphatic imine (C=N–C) groups is 1. The highest BCUT2D eigenvalue weighted by Gasteiger charge is 2.24. The zero-order chi connectivity index (χ0) is 16.2. The Labute approximate surface area is 136 Å². The monoisotopic (exact) mass is 317 g/mol. The normalized spacial score (nSPS) is 21.3. The number of hydrogen-bond donors (Lipinski definition) is 1. The van der Waals surface area contributed by atoms with Crippen LogP contribution in [0.3, 0.4) is 0 Å². The molecule has 1 heterocycles. The number of carboxylic acid groups (broad SMARTS) is 1. The summed E-state index contributed by atoms with van der Waals surface area (Å²) in [6.45, 7) is 0.651. The minimum atomic E-state index is -0.815. The topological polar surface area (TPSA) is 68.1 Å². The van der Waals surface area contributed by atoms with Crippen LogP contribution < -0.4 is 9.47 Å². The number of aliphatic carboxylic acids is 1. The van der Waals surface area contributed by atoms with E-state index in [0.29, 0.717) is 13.0 Å². The molecule has 0 saturated heterocycles. The highest BCUT2D eigenvalue weighted by atomic mass is 16.5. The van der Waals surface area contributed by atoms with Crippen LogP contribution in [-0.4, -0.2) is 36.5 Å². The fraction of sp³-hybridized carbons (Fsp3) is 0.556. The summed E-state index contributed by atoms with van der Waals surface area (Å²) in [5.74, 6) is 0.972. The molecule has 1 fully saturated rings. The molecule has 0 radical (unpaired) electrons. The molecule has 0 aromatic heterocycles. The standard InChI is InChI=1S/C18H23NO4/c1-22-16-7-6-12(9-17(16)23-15-4-2-3-5-15)13-8-14(19-11-13)10-18(20)21/h6-7,9,13,15H,2-5,8,10-11H2,1H3,(H,20,21). The van der Waals surface area contributed by atoms with Crippen molar-refractivity contribution in [1.82, 2.24) is 0 Å². The molecular weight excluding hydrogens is 294 g/mol. The van der Waals surface area contributed by atoms with Gasteiger partial charge in [0, 0.05) is 18.2 Å². The summed E-state index contributed by atoms with van der Waals surface area (Å²) in [4.78, 5) is 15.2.